The number of aromatic nitrogens is 1. The van der Waals surface area contributed by atoms with Gasteiger partial charge >= 0.3 is 0 Å². The fourth-order valence-corrected chi connectivity index (χ4v) is 8.34. The molecule has 51 heavy (non-hydrogen) atoms. The molecule has 0 spiro atoms. The van der Waals surface area contributed by atoms with Gasteiger partial charge < -0.3 is 14.8 Å². The molecular weight excluding hydrogens is 619 g/mol. The van der Waals surface area contributed by atoms with Crippen LogP contribution in [0.25, 0.3) is 44.2 Å². The Balaban J connectivity index is 1.18. The molecule has 0 radical (unpaired) electrons. The molecule has 6 aromatic rings. The van der Waals surface area contributed by atoms with Crippen molar-refractivity contribution in [2.24, 2.45) is 0 Å². The molecule has 1 N–H and O–H groups in total. The van der Waals surface area contributed by atoms with Crippen LogP contribution in [0.2, 0.25) is 0 Å². The summed E-state index contributed by atoms with van der Waals surface area (Å²) in [5.74, 6) is 3.01. The second-order valence-corrected chi connectivity index (χ2v) is 13.7. The Morgan fingerprint density at radius 2 is 1.71 bits per heavy atom. The van der Waals surface area contributed by atoms with Crippen LogP contribution in [-0.2, 0) is 5.41 Å². The Bertz CT molecular complexity index is 2660. The lowest BCUT2D eigenvalue weighted by Crippen LogP contribution is -2.33. The van der Waals surface area contributed by atoms with Crippen molar-refractivity contribution in [2.75, 3.05) is 10.2 Å². The largest absolute Gasteiger partial charge is 0.359 e. The maximum atomic E-state index is 6.23. The van der Waals surface area contributed by atoms with E-state index in [0.29, 0.717) is 0 Å². The zero-order valence-electron chi connectivity index (χ0n) is 29.0. The molecule has 5 aromatic carbocycles. The predicted octanol–water partition coefficient (Wildman–Crippen LogP) is 11.8. The van der Waals surface area contributed by atoms with Crippen LogP contribution in [0.4, 0.5) is 17.1 Å². The molecule has 3 aliphatic rings. The van der Waals surface area contributed by atoms with Crippen LogP contribution >= 0.6 is 0 Å². The smallest absolute Gasteiger partial charge is 0.138 e. The summed E-state index contributed by atoms with van der Waals surface area (Å²) >= 11 is 0. The fraction of sp³-hybridized carbons (Fsp3) is 0.125. The number of benzene rings is 5. The summed E-state index contributed by atoms with van der Waals surface area (Å²) in [6.07, 6.45) is 17.4. The van der Waals surface area contributed by atoms with E-state index < -0.39 is 0 Å². The molecule has 0 saturated carbocycles. The number of hydrogen-bond donors (Lipinski definition) is 1. The quantitative estimate of drug-likeness (QED) is 0.109. The van der Waals surface area contributed by atoms with Crippen LogP contribution in [-0.4, -0.2) is 10.7 Å². The summed E-state index contributed by atoms with van der Waals surface area (Å²) in [4.78, 5) is 2.28. The van der Waals surface area contributed by atoms with E-state index in [2.05, 4.69) is 174 Å². The summed E-state index contributed by atoms with van der Waals surface area (Å²) in [7, 11) is 0. The molecule has 2 aliphatic carbocycles. The van der Waals surface area contributed by atoms with Crippen LogP contribution in [0.15, 0.2) is 157 Å². The van der Waals surface area contributed by atoms with E-state index in [1.807, 2.05) is 18.2 Å². The molecule has 0 bridgehead atoms. The number of nitrogens with zero attached hydrogens (tertiary/aromatic N) is 2. The normalized spacial score (nSPS) is 18.8. The Morgan fingerprint density at radius 3 is 2.51 bits per heavy atom. The van der Waals surface area contributed by atoms with Gasteiger partial charge in [0.05, 0.1) is 28.1 Å². The molecular formula is C48H37N3. The van der Waals surface area contributed by atoms with E-state index in [4.69, 9.17) is 6.42 Å². The maximum Gasteiger partial charge on any atom is 0.138 e. The Labute approximate surface area is 299 Å². The number of anilines is 3. The topological polar surface area (TPSA) is 20.2 Å². The number of nitrogens with one attached hydrogen (secondary N) is 1. The van der Waals surface area contributed by atoms with Gasteiger partial charge in [-0.1, -0.05) is 110 Å². The summed E-state index contributed by atoms with van der Waals surface area (Å²) in [5.41, 5.74) is 21.8. The van der Waals surface area contributed by atoms with Crippen molar-refractivity contribution < 1.29 is 0 Å². The van der Waals surface area contributed by atoms with E-state index >= 15 is 0 Å². The van der Waals surface area contributed by atoms with Crippen LogP contribution in [0, 0.1) is 12.3 Å². The van der Waals surface area contributed by atoms with Gasteiger partial charge in [0.2, 0.25) is 0 Å². The van der Waals surface area contributed by atoms with Crippen molar-refractivity contribution in [3.8, 4) is 23.5 Å². The predicted molar refractivity (Wildman–Crippen MR) is 215 cm³/mol. The standard InChI is InChI=1S/C48H37N3/c1-5-33(47-49-42-23-15-16-24-44(42)51(47)36-19-11-8-12-20-36)26-25-32(3)34-27-30-43-40(31-34)39-29-28-38-37-21-13-14-22-41(37)48(4,6-2)45(38)46(39)50(43)35-17-9-7-10-18-35/h1,7-9,11-17,19-31,47,49H,6H2,2-4H3/b32-25+,33-26+. The van der Waals surface area contributed by atoms with Crippen LogP contribution in [0.3, 0.4) is 0 Å². The number of rotatable bonds is 6. The van der Waals surface area contributed by atoms with E-state index in [1.165, 1.54) is 38.5 Å². The molecule has 0 fully saturated rings. The molecule has 1 aliphatic heterocycles. The second kappa shape index (κ2) is 11.9. The number of hydrogen-bond acceptors (Lipinski definition) is 2. The Kier molecular flexibility index (Phi) is 7.13. The zero-order valence-corrected chi connectivity index (χ0v) is 29.0. The minimum Gasteiger partial charge on any atom is -0.359 e. The van der Waals surface area contributed by atoms with Crippen molar-refractivity contribution >= 4 is 50.1 Å². The average molecular weight is 656 g/mol. The van der Waals surface area contributed by atoms with Gasteiger partial charge in [0, 0.05) is 27.4 Å². The lowest BCUT2D eigenvalue weighted by atomic mass is 9.77. The van der Waals surface area contributed by atoms with Gasteiger partial charge in [-0.2, -0.15) is 0 Å². The Hall–Kier alpha value is -6.42. The third-order valence-electron chi connectivity index (χ3n) is 11.1. The van der Waals surface area contributed by atoms with Crippen molar-refractivity contribution in [1.29, 1.82) is 0 Å². The molecule has 1 aromatic heterocycles. The Morgan fingerprint density at radius 1 is 0.902 bits per heavy atom. The van der Waals surface area contributed by atoms with Gasteiger partial charge in [-0.15, -0.1) is 6.42 Å². The van der Waals surface area contributed by atoms with Crippen LogP contribution < -0.4 is 10.2 Å². The summed E-state index contributed by atoms with van der Waals surface area (Å²) in [6.45, 7) is 6.88. The highest BCUT2D eigenvalue weighted by atomic mass is 15.3. The number of fused-ring (bicyclic) bond motifs is 8. The van der Waals surface area contributed by atoms with Gasteiger partial charge in [0.1, 0.15) is 6.17 Å². The highest BCUT2D eigenvalue weighted by molar-refractivity contribution is 6.14. The first-order valence-corrected chi connectivity index (χ1v) is 17.7. The zero-order chi connectivity index (χ0) is 34.7. The monoisotopic (exact) mass is 655 g/mol. The minimum absolute atomic E-state index is 0.118. The molecule has 2 atom stereocenters. The van der Waals surface area contributed by atoms with E-state index in [1.54, 1.807) is 0 Å². The van der Waals surface area contributed by atoms with Gasteiger partial charge in [0.15, 0.2) is 0 Å². The minimum atomic E-state index is -0.197. The lowest BCUT2D eigenvalue weighted by Gasteiger charge is -2.27. The van der Waals surface area contributed by atoms with Gasteiger partial charge in [-0.05, 0) is 107 Å². The SMILES string of the molecule is C#C/C(=C\C=C(/C)c1ccc2c(c1)c1ccc3c(c1n2C1=C=C=CC=C1)C(C)(CC)c1ccccc1-3)C1Nc2ccccc2N1c1ccccc1. The molecule has 9 rings (SSSR count). The van der Waals surface area contributed by atoms with E-state index in [9.17, 15) is 0 Å². The van der Waals surface area contributed by atoms with Gasteiger partial charge in [0.25, 0.3) is 0 Å². The summed E-state index contributed by atoms with van der Waals surface area (Å²) in [6, 6.07) is 39.2. The summed E-state index contributed by atoms with van der Waals surface area (Å²) in [5, 5.41) is 6.14. The molecule has 244 valence electrons. The first kappa shape index (κ1) is 30.6. The summed E-state index contributed by atoms with van der Waals surface area (Å²) < 4.78 is 2.40. The number of para-hydroxylation sites is 3. The van der Waals surface area contributed by atoms with Crippen LogP contribution in [0.1, 0.15) is 43.9 Å². The van der Waals surface area contributed by atoms with Gasteiger partial charge in [-0.3, -0.25) is 0 Å². The number of allylic oxidation sites excluding steroid dienone is 7. The number of terminal acetylenes is 1. The van der Waals surface area contributed by atoms with E-state index in [-0.39, 0.29) is 11.6 Å². The second-order valence-electron chi connectivity index (χ2n) is 13.7. The highest BCUT2D eigenvalue weighted by Gasteiger charge is 2.40. The molecule has 2 heterocycles. The molecule has 0 saturated heterocycles. The molecule has 0 amide bonds. The van der Waals surface area contributed by atoms with Crippen LogP contribution in [0.5, 0.6) is 0 Å². The van der Waals surface area contributed by atoms with Crippen molar-refractivity contribution in [3.05, 3.63) is 173 Å². The first-order valence-electron chi connectivity index (χ1n) is 17.7. The third-order valence-corrected chi connectivity index (χ3v) is 11.1. The maximum absolute atomic E-state index is 6.23. The average Bonchev–Trinajstić information content (AvgIpc) is 3.82. The molecule has 3 heteroatoms. The van der Waals surface area contributed by atoms with E-state index in [0.717, 1.165) is 51.4 Å². The first-order chi connectivity index (χ1) is 25.0. The molecule has 2 unspecified atom stereocenters. The third kappa shape index (κ3) is 4.63. The lowest BCUT2D eigenvalue weighted by molar-refractivity contribution is 0.567. The van der Waals surface area contributed by atoms with Crippen molar-refractivity contribution in [3.63, 3.8) is 0 Å². The fourth-order valence-electron chi connectivity index (χ4n) is 8.34. The molecule has 3 nitrogen and oxygen atoms in total. The highest BCUT2D eigenvalue weighted by Crippen LogP contribution is 2.54. The van der Waals surface area contributed by atoms with Crippen molar-refractivity contribution in [1.82, 2.24) is 4.57 Å². The van der Waals surface area contributed by atoms with Gasteiger partial charge in [-0.25, -0.2) is 0 Å². The van der Waals surface area contributed by atoms with Crippen molar-refractivity contribution in [2.45, 2.75) is 38.8 Å².